The summed E-state index contributed by atoms with van der Waals surface area (Å²) in [5.41, 5.74) is 0.701. The summed E-state index contributed by atoms with van der Waals surface area (Å²) in [5, 5.41) is 11.4. The molecule has 0 bridgehead atoms. The van der Waals surface area contributed by atoms with E-state index in [2.05, 4.69) is 30.7 Å². The molecule has 8 heteroatoms. The fraction of sp³-hybridized carbons (Fsp3) is 0.350. The molecule has 0 saturated carbocycles. The van der Waals surface area contributed by atoms with E-state index >= 15 is 0 Å². The summed E-state index contributed by atoms with van der Waals surface area (Å²) in [6, 6.07) is 11.5. The Morgan fingerprint density at radius 2 is 2.18 bits per heavy atom. The molecule has 0 amide bonds. The van der Waals surface area contributed by atoms with Crippen molar-refractivity contribution >= 4 is 44.8 Å². The molecule has 1 aliphatic rings. The molecule has 1 aromatic carbocycles. The summed E-state index contributed by atoms with van der Waals surface area (Å²) < 4.78 is 8.90. The van der Waals surface area contributed by atoms with Gasteiger partial charge in [0.25, 0.3) is 0 Å². The molecular formula is C20H20BrN3O2S2. The second kappa shape index (κ2) is 8.90. The van der Waals surface area contributed by atoms with E-state index in [1.807, 2.05) is 48.7 Å². The number of carbonyl (C=O) groups excluding carboxylic acids is 1. The second-order valence-electron chi connectivity index (χ2n) is 6.66. The van der Waals surface area contributed by atoms with E-state index < -0.39 is 0 Å². The molecule has 5 nitrogen and oxygen atoms in total. The van der Waals surface area contributed by atoms with Crippen molar-refractivity contribution < 1.29 is 9.53 Å². The molecule has 0 radical (unpaired) electrons. The van der Waals surface area contributed by atoms with E-state index in [1.165, 1.54) is 11.8 Å². The Morgan fingerprint density at radius 3 is 2.86 bits per heavy atom. The monoisotopic (exact) mass is 477 g/mol. The maximum atomic E-state index is 12.8. The number of hydrogen-bond donors (Lipinski definition) is 0. The summed E-state index contributed by atoms with van der Waals surface area (Å²) in [4.78, 5) is 13.9. The van der Waals surface area contributed by atoms with E-state index in [1.54, 1.807) is 11.3 Å². The Bertz CT molecular complexity index is 935. The first-order chi connectivity index (χ1) is 13.6. The predicted octanol–water partition coefficient (Wildman–Crippen LogP) is 5.31. The smallest absolute Gasteiger partial charge is 0.192 e. The lowest BCUT2D eigenvalue weighted by molar-refractivity contribution is 0.0953. The van der Waals surface area contributed by atoms with Crippen molar-refractivity contribution in [2.75, 3.05) is 6.61 Å². The van der Waals surface area contributed by atoms with E-state index in [9.17, 15) is 4.79 Å². The fourth-order valence-electron chi connectivity index (χ4n) is 3.18. The quantitative estimate of drug-likeness (QED) is 0.340. The minimum absolute atomic E-state index is 0.0850. The third kappa shape index (κ3) is 4.40. The highest BCUT2D eigenvalue weighted by molar-refractivity contribution is 9.10. The summed E-state index contributed by atoms with van der Waals surface area (Å²) in [5.74, 6) is 0.929. The highest BCUT2D eigenvalue weighted by Crippen LogP contribution is 2.31. The van der Waals surface area contributed by atoms with Crippen LogP contribution < -0.4 is 0 Å². The number of nitrogens with zero attached hydrogens (tertiary/aromatic N) is 3. The van der Waals surface area contributed by atoms with Gasteiger partial charge in [0, 0.05) is 16.6 Å². The van der Waals surface area contributed by atoms with Gasteiger partial charge in [-0.15, -0.1) is 21.5 Å². The molecule has 28 heavy (non-hydrogen) atoms. The Morgan fingerprint density at radius 1 is 1.36 bits per heavy atom. The molecule has 146 valence electrons. The van der Waals surface area contributed by atoms with Gasteiger partial charge in [-0.2, -0.15) is 0 Å². The van der Waals surface area contributed by atoms with Gasteiger partial charge in [-0.1, -0.05) is 45.9 Å². The van der Waals surface area contributed by atoms with Gasteiger partial charge in [0.15, 0.2) is 16.8 Å². The van der Waals surface area contributed by atoms with Crippen LogP contribution in [0, 0.1) is 0 Å². The number of rotatable bonds is 7. The molecule has 2 aromatic heterocycles. The van der Waals surface area contributed by atoms with Crippen LogP contribution in [0.3, 0.4) is 0 Å². The van der Waals surface area contributed by atoms with Crippen LogP contribution in [0.1, 0.15) is 30.1 Å². The van der Waals surface area contributed by atoms with Crippen molar-refractivity contribution in [3.63, 3.8) is 0 Å². The number of Topliss-reactive ketones (excluding diaryl/α,β-unsaturated/α-hetero) is 1. The Kier molecular flexibility index (Phi) is 6.30. The number of ether oxygens (including phenoxy) is 1. The normalized spacial score (nSPS) is 17.7. The topological polar surface area (TPSA) is 57.0 Å². The number of ketones is 1. The van der Waals surface area contributed by atoms with E-state index in [0.29, 0.717) is 12.1 Å². The van der Waals surface area contributed by atoms with Gasteiger partial charge in [0.1, 0.15) is 0 Å². The molecule has 4 rings (SSSR count). The Balaban J connectivity index is 1.57. The summed E-state index contributed by atoms with van der Waals surface area (Å²) >= 11 is 6.51. The zero-order valence-electron chi connectivity index (χ0n) is 15.4. The number of benzene rings is 1. The SMILES string of the molecule is CC(Sc1nnc(-c2cccs2)n1CC1CCCO1)C(=O)c1ccc(Br)cc1. The number of hydrogen-bond acceptors (Lipinski definition) is 6. The van der Waals surface area contributed by atoms with Crippen LogP contribution in [0.4, 0.5) is 0 Å². The van der Waals surface area contributed by atoms with Crippen LogP contribution in [-0.4, -0.2) is 38.5 Å². The van der Waals surface area contributed by atoms with Crippen molar-refractivity contribution in [3.05, 3.63) is 51.8 Å². The zero-order chi connectivity index (χ0) is 19.5. The minimum atomic E-state index is -0.259. The molecule has 2 atom stereocenters. The second-order valence-corrected chi connectivity index (χ2v) is 9.83. The van der Waals surface area contributed by atoms with Crippen LogP contribution in [0.5, 0.6) is 0 Å². The van der Waals surface area contributed by atoms with Gasteiger partial charge in [-0.25, -0.2) is 0 Å². The maximum Gasteiger partial charge on any atom is 0.192 e. The highest BCUT2D eigenvalue weighted by atomic mass is 79.9. The van der Waals surface area contributed by atoms with Gasteiger partial charge < -0.3 is 4.74 Å². The fourth-order valence-corrected chi connectivity index (χ4v) is 5.10. The molecule has 1 fully saturated rings. The maximum absolute atomic E-state index is 12.8. The van der Waals surface area contributed by atoms with Gasteiger partial charge in [0.2, 0.25) is 0 Å². The molecule has 3 heterocycles. The van der Waals surface area contributed by atoms with Crippen LogP contribution >= 0.6 is 39.0 Å². The van der Waals surface area contributed by atoms with Gasteiger partial charge in [-0.05, 0) is 43.3 Å². The third-order valence-electron chi connectivity index (χ3n) is 4.65. The number of thiophene rings is 1. The standard InChI is InChI=1S/C20H20BrN3O2S2/c1-13(18(25)14-6-8-15(21)9-7-14)28-20-23-22-19(17-5-3-11-27-17)24(20)12-16-4-2-10-26-16/h3,5-9,11,13,16H,2,4,10,12H2,1H3. The number of halogens is 1. The average molecular weight is 478 g/mol. The van der Waals surface area contributed by atoms with Crippen LogP contribution in [0.2, 0.25) is 0 Å². The lowest BCUT2D eigenvalue weighted by atomic mass is 10.1. The van der Waals surface area contributed by atoms with E-state index in [4.69, 9.17) is 4.74 Å². The molecule has 0 N–H and O–H groups in total. The van der Waals surface area contributed by atoms with Gasteiger partial charge >= 0.3 is 0 Å². The van der Waals surface area contributed by atoms with E-state index in [-0.39, 0.29) is 17.1 Å². The molecule has 3 aromatic rings. The van der Waals surface area contributed by atoms with E-state index in [0.717, 1.165) is 39.8 Å². The van der Waals surface area contributed by atoms with Crippen LogP contribution in [-0.2, 0) is 11.3 Å². The van der Waals surface area contributed by atoms with Crippen molar-refractivity contribution in [2.24, 2.45) is 0 Å². The summed E-state index contributed by atoms with van der Waals surface area (Å²) in [6.07, 6.45) is 2.30. The first kappa shape index (κ1) is 19.8. The first-order valence-corrected chi connectivity index (χ1v) is 11.7. The molecule has 2 unspecified atom stereocenters. The van der Waals surface area contributed by atoms with Crippen molar-refractivity contribution in [2.45, 2.75) is 42.8 Å². The number of carbonyl (C=O) groups is 1. The molecular weight excluding hydrogens is 458 g/mol. The molecule has 0 aliphatic carbocycles. The molecule has 1 saturated heterocycles. The van der Waals surface area contributed by atoms with Gasteiger partial charge in [0.05, 0.1) is 22.8 Å². The van der Waals surface area contributed by atoms with Crippen molar-refractivity contribution in [1.29, 1.82) is 0 Å². The lowest BCUT2D eigenvalue weighted by Gasteiger charge is -2.16. The third-order valence-corrected chi connectivity index (χ3v) is 7.12. The van der Waals surface area contributed by atoms with Crippen LogP contribution in [0.25, 0.3) is 10.7 Å². The lowest BCUT2D eigenvalue weighted by Crippen LogP contribution is -2.18. The largest absolute Gasteiger partial charge is 0.376 e. The zero-order valence-corrected chi connectivity index (χ0v) is 18.6. The van der Waals surface area contributed by atoms with Crippen molar-refractivity contribution in [1.82, 2.24) is 14.8 Å². The average Bonchev–Trinajstić information content (AvgIpc) is 3.45. The number of aromatic nitrogens is 3. The van der Waals surface area contributed by atoms with Crippen LogP contribution in [0.15, 0.2) is 51.4 Å². The Labute approximate surface area is 180 Å². The predicted molar refractivity (Wildman–Crippen MR) is 116 cm³/mol. The first-order valence-electron chi connectivity index (χ1n) is 9.17. The summed E-state index contributed by atoms with van der Waals surface area (Å²) in [7, 11) is 0. The van der Waals surface area contributed by atoms with Gasteiger partial charge in [-0.3, -0.25) is 9.36 Å². The molecule has 1 aliphatic heterocycles. The summed E-state index contributed by atoms with van der Waals surface area (Å²) in [6.45, 7) is 3.44. The van der Waals surface area contributed by atoms with Crippen molar-refractivity contribution in [3.8, 4) is 10.7 Å². The minimum Gasteiger partial charge on any atom is -0.376 e. The number of thioether (sulfide) groups is 1. The Hall–Kier alpha value is -1.48. The molecule has 0 spiro atoms. The highest BCUT2D eigenvalue weighted by Gasteiger charge is 2.25.